The number of anilines is 1. The predicted octanol–water partition coefficient (Wildman–Crippen LogP) is 2.08. The molecule has 2 aromatic rings. The Morgan fingerprint density at radius 2 is 2.30 bits per heavy atom. The smallest absolute Gasteiger partial charge is 0.228 e. The fraction of sp³-hybridized carbons (Fsp3) is 0.286. The van der Waals surface area contributed by atoms with E-state index in [2.05, 4.69) is 10.2 Å². The van der Waals surface area contributed by atoms with Gasteiger partial charge in [-0.25, -0.2) is 0 Å². The fourth-order valence-electron chi connectivity index (χ4n) is 2.38. The summed E-state index contributed by atoms with van der Waals surface area (Å²) in [5.41, 5.74) is 1.73. The number of nitrogens with zero attached hydrogens (tertiary/aromatic N) is 2. The molecule has 1 aromatic carbocycles. The van der Waals surface area contributed by atoms with E-state index < -0.39 is 0 Å². The number of halogens is 1. The molecule has 0 bridgehead atoms. The molecule has 1 unspecified atom stereocenters. The molecule has 0 aliphatic carbocycles. The lowest BCUT2D eigenvalue weighted by molar-refractivity contribution is -0.117. The monoisotopic (exact) mass is 291 g/mol. The molecular weight excluding hydrogens is 278 g/mol. The van der Waals surface area contributed by atoms with Crippen molar-refractivity contribution in [1.82, 2.24) is 10.2 Å². The number of nitrogens with one attached hydrogen (secondary N) is 1. The van der Waals surface area contributed by atoms with E-state index in [1.54, 1.807) is 11.0 Å². The number of carbonyl (C=O) groups is 1. The number of hydrogen-bond acceptors (Lipinski definition) is 3. The van der Waals surface area contributed by atoms with Crippen LogP contribution in [0.5, 0.6) is 0 Å². The summed E-state index contributed by atoms with van der Waals surface area (Å²) in [5.74, 6) is 0.572. The van der Waals surface area contributed by atoms with Gasteiger partial charge < -0.3 is 5.11 Å². The summed E-state index contributed by atoms with van der Waals surface area (Å²) in [6.07, 6.45) is 0.371. The Morgan fingerprint density at radius 1 is 1.45 bits per heavy atom. The minimum atomic E-state index is -0.00630. The van der Waals surface area contributed by atoms with E-state index in [1.807, 2.05) is 24.3 Å². The zero-order valence-corrected chi connectivity index (χ0v) is 11.5. The molecule has 0 spiro atoms. The van der Waals surface area contributed by atoms with Gasteiger partial charge in [-0.3, -0.25) is 14.8 Å². The Hall–Kier alpha value is -1.85. The third kappa shape index (κ3) is 2.42. The second kappa shape index (κ2) is 5.26. The van der Waals surface area contributed by atoms with E-state index in [-0.39, 0.29) is 18.4 Å². The highest BCUT2D eigenvalue weighted by Gasteiger charge is 2.31. The number of hydrogen-bond donors (Lipinski definition) is 2. The second-order valence-electron chi connectivity index (χ2n) is 4.91. The Labute approximate surface area is 121 Å². The minimum absolute atomic E-state index is 0.00572. The van der Waals surface area contributed by atoms with Gasteiger partial charge in [-0.05, 0) is 12.1 Å². The van der Waals surface area contributed by atoms with E-state index in [4.69, 9.17) is 16.7 Å². The summed E-state index contributed by atoms with van der Waals surface area (Å²) in [6, 6.07) is 9.25. The lowest BCUT2D eigenvalue weighted by atomic mass is 10.1. The van der Waals surface area contributed by atoms with Gasteiger partial charge in [-0.1, -0.05) is 23.7 Å². The molecule has 6 heteroatoms. The van der Waals surface area contributed by atoms with Gasteiger partial charge in [0.2, 0.25) is 5.91 Å². The molecule has 2 heterocycles. The van der Waals surface area contributed by atoms with Gasteiger partial charge in [0.05, 0.1) is 5.69 Å². The molecule has 1 amide bonds. The number of rotatable bonds is 3. The molecule has 3 rings (SSSR count). The van der Waals surface area contributed by atoms with E-state index in [0.717, 1.165) is 11.3 Å². The first kappa shape index (κ1) is 13.1. The first-order chi connectivity index (χ1) is 9.67. The number of aromatic amines is 1. The number of aliphatic hydroxyl groups is 1. The molecule has 1 aliphatic heterocycles. The van der Waals surface area contributed by atoms with E-state index in [9.17, 15) is 4.79 Å². The van der Waals surface area contributed by atoms with Crippen LogP contribution in [0.25, 0.3) is 11.3 Å². The Balaban J connectivity index is 1.86. The number of amides is 1. The van der Waals surface area contributed by atoms with Gasteiger partial charge in [0, 0.05) is 42.1 Å². The normalized spacial score (nSPS) is 18.8. The molecule has 104 valence electrons. The van der Waals surface area contributed by atoms with Crippen molar-refractivity contribution in [3.05, 3.63) is 35.4 Å². The van der Waals surface area contributed by atoms with Crippen molar-refractivity contribution in [3.63, 3.8) is 0 Å². The topological polar surface area (TPSA) is 69.2 Å². The Bertz CT molecular complexity index is 641. The highest BCUT2D eigenvalue weighted by molar-refractivity contribution is 6.30. The standard InChI is InChI=1S/C14H14ClN3O2/c15-11-3-1-2-10(5-11)12-6-13(17-16-12)18-7-9(8-19)4-14(18)20/h1-3,5-6,9,19H,4,7-8H2,(H,16,17). The molecule has 0 radical (unpaired) electrons. The maximum atomic E-state index is 11.9. The Morgan fingerprint density at radius 3 is 3.00 bits per heavy atom. The molecule has 2 N–H and O–H groups in total. The zero-order valence-electron chi connectivity index (χ0n) is 10.7. The van der Waals surface area contributed by atoms with E-state index in [1.165, 1.54) is 0 Å². The van der Waals surface area contributed by atoms with Crippen LogP contribution in [0, 0.1) is 5.92 Å². The van der Waals surface area contributed by atoms with Crippen LogP contribution in [0.3, 0.4) is 0 Å². The summed E-state index contributed by atoms with van der Waals surface area (Å²) in [5, 5.41) is 16.9. The first-order valence-electron chi connectivity index (χ1n) is 6.40. The SMILES string of the molecule is O=C1CC(CO)CN1c1cc(-c2cccc(Cl)c2)[nH]n1. The van der Waals surface area contributed by atoms with Crippen LogP contribution in [0.15, 0.2) is 30.3 Å². The molecule has 20 heavy (non-hydrogen) atoms. The van der Waals surface area contributed by atoms with Crippen molar-refractivity contribution in [2.75, 3.05) is 18.1 Å². The van der Waals surface area contributed by atoms with Gasteiger partial charge >= 0.3 is 0 Å². The Kier molecular flexibility index (Phi) is 3.46. The molecule has 1 aromatic heterocycles. The summed E-state index contributed by atoms with van der Waals surface area (Å²) in [6.45, 7) is 0.531. The van der Waals surface area contributed by atoms with E-state index in [0.29, 0.717) is 23.8 Å². The molecule has 1 saturated heterocycles. The maximum Gasteiger partial charge on any atom is 0.228 e. The average Bonchev–Trinajstić information content (AvgIpc) is 3.05. The second-order valence-corrected chi connectivity index (χ2v) is 5.34. The average molecular weight is 292 g/mol. The van der Waals surface area contributed by atoms with Gasteiger partial charge in [-0.15, -0.1) is 0 Å². The number of aromatic nitrogens is 2. The van der Waals surface area contributed by atoms with Crippen molar-refractivity contribution in [1.29, 1.82) is 0 Å². The third-order valence-corrected chi connectivity index (χ3v) is 3.67. The predicted molar refractivity (Wildman–Crippen MR) is 76.6 cm³/mol. The summed E-state index contributed by atoms with van der Waals surface area (Å²) in [4.78, 5) is 13.5. The first-order valence-corrected chi connectivity index (χ1v) is 6.77. The van der Waals surface area contributed by atoms with E-state index >= 15 is 0 Å². The summed E-state index contributed by atoms with van der Waals surface area (Å²) < 4.78 is 0. The lowest BCUT2D eigenvalue weighted by Gasteiger charge is -2.11. The van der Waals surface area contributed by atoms with Crippen molar-refractivity contribution in [2.45, 2.75) is 6.42 Å². The van der Waals surface area contributed by atoms with Crippen LogP contribution in [-0.2, 0) is 4.79 Å². The van der Waals surface area contributed by atoms with Crippen molar-refractivity contribution >= 4 is 23.3 Å². The molecule has 1 atom stereocenters. The summed E-state index contributed by atoms with van der Waals surface area (Å²) >= 11 is 5.96. The highest BCUT2D eigenvalue weighted by Crippen LogP contribution is 2.27. The van der Waals surface area contributed by atoms with Gasteiger partial charge in [0.25, 0.3) is 0 Å². The number of H-pyrrole nitrogens is 1. The lowest BCUT2D eigenvalue weighted by Crippen LogP contribution is -2.25. The maximum absolute atomic E-state index is 11.9. The largest absolute Gasteiger partial charge is 0.396 e. The van der Waals surface area contributed by atoms with Crippen LogP contribution in [0.1, 0.15) is 6.42 Å². The summed E-state index contributed by atoms with van der Waals surface area (Å²) in [7, 11) is 0. The minimum Gasteiger partial charge on any atom is -0.396 e. The van der Waals surface area contributed by atoms with Crippen LogP contribution in [0.4, 0.5) is 5.82 Å². The van der Waals surface area contributed by atoms with Gasteiger partial charge in [-0.2, -0.15) is 5.10 Å². The number of benzene rings is 1. The van der Waals surface area contributed by atoms with Gasteiger partial charge in [0.15, 0.2) is 5.82 Å². The van der Waals surface area contributed by atoms with Gasteiger partial charge in [0.1, 0.15) is 0 Å². The van der Waals surface area contributed by atoms with Crippen LogP contribution in [-0.4, -0.2) is 34.4 Å². The molecule has 1 aliphatic rings. The van der Waals surface area contributed by atoms with Crippen LogP contribution >= 0.6 is 11.6 Å². The highest BCUT2D eigenvalue weighted by atomic mass is 35.5. The number of carbonyl (C=O) groups excluding carboxylic acids is 1. The van der Waals surface area contributed by atoms with Crippen LogP contribution in [0.2, 0.25) is 5.02 Å². The van der Waals surface area contributed by atoms with Crippen molar-refractivity contribution in [2.24, 2.45) is 5.92 Å². The molecule has 5 nitrogen and oxygen atoms in total. The zero-order chi connectivity index (χ0) is 14.1. The molecular formula is C14H14ClN3O2. The quantitative estimate of drug-likeness (QED) is 0.909. The molecule has 0 saturated carbocycles. The van der Waals surface area contributed by atoms with Crippen molar-refractivity contribution in [3.8, 4) is 11.3 Å². The van der Waals surface area contributed by atoms with Crippen LogP contribution < -0.4 is 4.90 Å². The fourth-order valence-corrected chi connectivity index (χ4v) is 2.57. The molecule has 1 fully saturated rings. The number of aliphatic hydroxyl groups excluding tert-OH is 1. The van der Waals surface area contributed by atoms with Crippen molar-refractivity contribution < 1.29 is 9.90 Å². The third-order valence-electron chi connectivity index (χ3n) is 3.44.